The van der Waals surface area contributed by atoms with Crippen molar-refractivity contribution in [3.8, 4) is 5.75 Å². The van der Waals surface area contributed by atoms with Gasteiger partial charge in [-0.05, 0) is 31.5 Å². The van der Waals surface area contributed by atoms with Crippen molar-refractivity contribution in [2.45, 2.75) is 31.7 Å². The molecular formula is C14H18O4. The molecule has 0 spiro atoms. The Kier molecular flexibility index (Phi) is 3.41. The van der Waals surface area contributed by atoms with Crippen molar-refractivity contribution in [3.05, 3.63) is 29.8 Å². The molecule has 4 heteroatoms. The number of hydrogen-bond donors (Lipinski definition) is 0. The second-order valence-electron chi connectivity index (χ2n) is 5.00. The molecule has 18 heavy (non-hydrogen) atoms. The summed E-state index contributed by atoms with van der Waals surface area (Å²) >= 11 is 0. The van der Waals surface area contributed by atoms with Crippen LogP contribution in [0.25, 0.3) is 0 Å². The molecule has 4 nitrogen and oxygen atoms in total. The van der Waals surface area contributed by atoms with E-state index >= 15 is 0 Å². The maximum Gasteiger partial charge on any atom is 0.164 e. The van der Waals surface area contributed by atoms with Crippen molar-refractivity contribution in [2.75, 3.05) is 13.7 Å². The molecule has 1 aliphatic heterocycles. The minimum absolute atomic E-state index is 0.287. The van der Waals surface area contributed by atoms with Crippen molar-refractivity contribution in [3.63, 3.8) is 0 Å². The quantitative estimate of drug-likeness (QED) is 0.766. The molecule has 1 aromatic rings. The molecule has 1 aromatic carbocycles. The fourth-order valence-corrected chi connectivity index (χ4v) is 2.12. The van der Waals surface area contributed by atoms with E-state index in [1.54, 1.807) is 7.11 Å². The largest absolute Gasteiger partial charge is 0.497 e. The lowest BCUT2D eigenvalue weighted by atomic mass is 9.97. The van der Waals surface area contributed by atoms with Gasteiger partial charge in [0.25, 0.3) is 0 Å². The van der Waals surface area contributed by atoms with Gasteiger partial charge in [0.05, 0.1) is 13.7 Å². The van der Waals surface area contributed by atoms with Crippen LogP contribution in [0.2, 0.25) is 0 Å². The van der Waals surface area contributed by atoms with Crippen LogP contribution in [-0.2, 0) is 20.7 Å². The molecule has 1 aliphatic rings. The summed E-state index contributed by atoms with van der Waals surface area (Å²) in [6.45, 7) is 3.91. The zero-order chi connectivity index (χ0) is 13.2. The Bertz CT molecular complexity index is 424. The number of carbonyl (C=O) groups is 1. The second-order valence-corrected chi connectivity index (χ2v) is 5.00. The van der Waals surface area contributed by atoms with Gasteiger partial charge in [0.15, 0.2) is 17.7 Å². The maximum atomic E-state index is 11.3. The summed E-state index contributed by atoms with van der Waals surface area (Å²) < 4.78 is 16.3. The van der Waals surface area contributed by atoms with E-state index in [0.717, 1.165) is 17.6 Å². The van der Waals surface area contributed by atoms with Crippen LogP contribution in [0, 0.1) is 0 Å². The first-order valence-corrected chi connectivity index (χ1v) is 5.92. The Morgan fingerprint density at radius 2 is 2.00 bits per heavy atom. The first-order chi connectivity index (χ1) is 8.49. The minimum Gasteiger partial charge on any atom is -0.497 e. The molecular weight excluding hydrogens is 232 g/mol. The topological polar surface area (TPSA) is 44.8 Å². The number of methoxy groups -OCH3 is 1. The minimum atomic E-state index is -0.877. The number of rotatable bonds is 4. The van der Waals surface area contributed by atoms with Crippen molar-refractivity contribution in [1.29, 1.82) is 0 Å². The Morgan fingerprint density at radius 1 is 1.33 bits per heavy atom. The number of ether oxygens (including phenoxy) is 3. The number of carbonyl (C=O) groups excluding carboxylic acids is 1. The van der Waals surface area contributed by atoms with Gasteiger partial charge in [-0.2, -0.15) is 0 Å². The van der Waals surface area contributed by atoms with Gasteiger partial charge >= 0.3 is 0 Å². The van der Waals surface area contributed by atoms with Crippen LogP contribution in [0.15, 0.2) is 24.3 Å². The second kappa shape index (κ2) is 4.71. The molecule has 0 unspecified atom stereocenters. The summed E-state index contributed by atoms with van der Waals surface area (Å²) in [5.41, 5.74) is 0.141. The molecule has 0 radical (unpaired) electrons. The normalized spacial score (nSPS) is 25.9. The summed E-state index contributed by atoms with van der Waals surface area (Å²) in [4.78, 5) is 11.3. The fourth-order valence-electron chi connectivity index (χ4n) is 2.12. The van der Waals surface area contributed by atoms with Gasteiger partial charge in [-0.1, -0.05) is 12.1 Å². The van der Waals surface area contributed by atoms with Gasteiger partial charge < -0.3 is 19.0 Å². The Labute approximate surface area is 107 Å². The number of hydrogen-bond acceptors (Lipinski definition) is 4. The molecule has 1 atom stereocenters. The van der Waals surface area contributed by atoms with Gasteiger partial charge in [-0.3, -0.25) is 0 Å². The fraction of sp³-hybridized carbons (Fsp3) is 0.500. The highest BCUT2D eigenvalue weighted by atomic mass is 16.8. The van der Waals surface area contributed by atoms with Crippen molar-refractivity contribution in [1.82, 2.24) is 0 Å². The summed E-state index contributed by atoms with van der Waals surface area (Å²) in [5, 5.41) is 0. The highest BCUT2D eigenvalue weighted by Crippen LogP contribution is 2.32. The molecule has 0 aliphatic carbocycles. The monoisotopic (exact) mass is 250 g/mol. The lowest BCUT2D eigenvalue weighted by Crippen LogP contribution is -2.38. The SMILES string of the molecule is COc1ccc(C[C@@]2(C=O)COC(C)(C)O2)cc1. The summed E-state index contributed by atoms with van der Waals surface area (Å²) in [6.07, 6.45) is 1.34. The van der Waals surface area contributed by atoms with Gasteiger partial charge in [-0.25, -0.2) is 0 Å². The van der Waals surface area contributed by atoms with Crippen LogP contribution >= 0.6 is 0 Å². The van der Waals surface area contributed by atoms with Crippen molar-refractivity contribution in [2.24, 2.45) is 0 Å². The van der Waals surface area contributed by atoms with E-state index in [4.69, 9.17) is 14.2 Å². The first kappa shape index (κ1) is 13.1. The summed E-state index contributed by atoms with van der Waals surface area (Å²) in [6, 6.07) is 7.60. The summed E-state index contributed by atoms with van der Waals surface area (Å²) in [7, 11) is 1.62. The van der Waals surface area contributed by atoms with Gasteiger partial charge in [0, 0.05) is 6.42 Å². The zero-order valence-electron chi connectivity index (χ0n) is 10.9. The molecule has 98 valence electrons. The van der Waals surface area contributed by atoms with Crippen molar-refractivity contribution >= 4 is 6.29 Å². The smallest absolute Gasteiger partial charge is 0.164 e. The third kappa shape index (κ3) is 2.71. The van der Waals surface area contributed by atoms with Crippen LogP contribution in [0.1, 0.15) is 19.4 Å². The molecule has 0 N–H and O–H groups in total. The van der Waals surface area contributed by atoms with E-state index in [9.17, 15) is 4.79 Å². The van der Waals surface area contributed by atoms with Gasteiger partial charge in [0.1, 0.15) is 5.75 Å². The Hall–Kier alpha value is -1.39. The zero-order valence-corrected chi connectivity index (χ0v) is 10.9. The van der Waals surface area contributed by atoms with E-state index in [1.807, 2.05) is 38.1 Å². The van der Waals surface area contributed by atoms with E-state index in [2.05, 4.69) is 0 Å². The molecule has 2 rings (SSSR count). The number of aldehydes is 1. The highest BCUT2D eigenvalue weighted by Gasteiger charge is 2.45. The molecule has 1 saturated heterocycles. The average Bonchev–Trinajstić information content (AvgIpc) is 2.67. The third-order valence-corrected chi connectivity index (χ3v) is 2.99. The van der Waals surface area contributed by atoms with Gasteiger partial charge in [0.2, 0.25) is 0 Å². The predicted octanol–water partition coefficient (Wildman–Crippen LogP) is 1.96. The van der Waals surface area contributed by atoms with Crippen LogP contribution < -0.4 is 4.74 Å². The van der Waals surface area contributed by atoms with Crippen LogP contribution in [-0.4, -0.2) is 31.4 Å². The third-order valence-electron chi connectivity index (χ3n) is 2.99. The van der Waals surface area contributed by atoms with Crippen LogP contribution in [0.4, 0.5) is 0 Å². The molecule has 0 aromatic heterocycles. The standard InChI is InChI=1S/C14H18O4/c1-13(2)17-10-14(9-15,18-13)8-11-4-6-12(16-3)7-5-11/h4-7,9H,8,10H2,1-3H3/t14-/m1/s1. The molecule has 1 heterocycles. The highest BCUT2D eigenvalue weighted by molar-refractivity contribution is 5.64. The van der Waals surface area contributed by atoms with Crippen LogP contribution in [0.5, 0.6) is 5.75 Å². The van der Waals surface area contributed by atoms with Crippen molar-refractivity contribution < 1.29 is 19.0 Å². The predicted molar refractivity (Wildman–Crippen MR) is 66.6 cm³/mol. The molecule has 0 amide bonds. The lowest BCUT2D eigenvalue weighted by molar-refractivity contribution is -0.164. The van der Waals surface area contributed by atoms with E-state index in [1.165, 1.54) is 0 Å². The summed E-state index contributed by atoms with van der Waals surface area (Å²) in [5.74, 6) is 0.0933. The Balaban J connectivity index is 2.13. The van der Waals surface area contributed by atoms with E-state index in [0.29, 0.717) is 6.42 Å². The molecule has 0 bridgehead atoms. The van der Waals surface area contributed by atoms with E-state index < -0.39 is 11.4 Å². The first-order valence-electron chi connectivity index (χ1n) is 5.92. The van der Waals surface area contributed by atoms with Crippen LogP contribution in [0.3, 0.4) is 0 Å². The molecule has 1 fully saturated rings. The lowest BCUT2D eigenvalue weighted by Gasteiger charge is -2.23. The average molecular weight is 250 g/mol. The van der Waals surface area contributed by atoms with E-state index in [-0.39, 0.29) is 6.61 Å². The van der Waals surface area contributed by atoms with Gasteiger partial charge in [-0.15, -0.1) is 0 Å². The maximum absolute atomic E-state index is 11.3. The Morgan fingerprint density at radius 3 is 2.44 bits per heavy atom. The molecule has 0 saturated carbocycles. The number of benzene rings is 1.